The van der Waals surface area contributed by atoms with Crippen molar-refractivity contribution in [3.63, 3.8) is 0 Å². The fourth-order valence-corrected chi connectivity index (χ4v) is 3.55. The minimum atomic E-state index is -4.72. The predicted octanol–water partition coefficient (Wildman–Crippen LogP) is 4.42. The lowest BCUT2D eigenvalue weighted by Crippen LogP contribution is -2.21. The summed E-state index contributed by atoms with van der Waals surface area (Å²) in [5.41, 5.74) is -0.0693. The smallest absolute Gasteiger partial charge is 0.417 e. The van der Waals surface area contributed by atoms with Crippen LogP contribution < -0.4 is 4.74 Å². The molecule has 1 N–H and O–H groups in total. The van der Waals surface area contributed by atoms with Gasteiger partial charge in [0.15, 0.2) is 0 Å². The lowest BCUT2D eigenvalue weighted by Gasteiger charge is -2.16. The highest BCUT2D eigenvalue weighted by atomic mass is 19.4. The summed E-state index contributed by atoms with van der Waals surface area (Å²) >= 11 is 0. The summed E-state index contributed by atoms with van der Waals surface area (Å²) in [6.45, 7) is 0. The van der Waals surface area contributed by atoms with Crippen molar-refractivity contribution in [3.8, 4) is 28.0 Å². The number of H-pyrrole nitrogens is 1. The number of fused-ring (bicyclic) bond motifs is 1. The van der Waals surface area contributed by atoms with Gasteiger partial charge in [-0.25, -0.2) is 4.98 Å². The zero-order valence-corrected chi connectivity index (χ0v) is 17.4. The number of halogens is 3. The minimum Gasteiger partial charge on any atom is -0.496 e. The molecule has 0 aliphatic carbocycles. The van der Waals surface area contributed by atoms with E-state index in [9.17, 15) is 18.0 Å². The second-order valence-electron chi connectivity index (χ2n) is 7.21. The molecule has 0 saturated heterocycles. The van der Waals surface area contributed by atoms with Crippen LogP contribution in [0.5, 0.6) is 5.75 Å². The zero-order chi connectivity index (χ0) is 23.0. The summed E-state index contributed by atoms with van der Waals surface area (Å²) < 4.78 is 48.6. The van der Waals surface area contributed by atoms with Crippen molar-refractivity contribution in [2.24, 2.45) is 0 Å². The van der Waals surface area contributed by atoms with Crippen LogP contribution in [-0.4, -0.2) is 51.9 Å². The van der Waals surface area contributed by atoms with Gasteiger partial charge in [-0.1, -0.05) is 0 Å². The van der Waals surface area contributed by atoms with E-state index in [1.807, 2.05) is 0 Å². The number of hydrogen-bond acceptors (Lipinski definition) is 5. The number of methoxy groups -OCH3 is 1. The highest BCUT2D eigenvalue weighted by Crippen LogP contribution is 2.45. The summed E-state index contributed by atoms with van der Waals surface area (Å²) in [6, 6.07) is 2.95. The first kappa shape index (κ1) is 21.3. The number of carbonyl (C=O) groups excluding carboxylic acids is 1. The van der Waals surface area contributed by atoms with Gasteiger partial charge >= 0.3 is 6.18 Å². The van der Waals surface area contributed by atoms with E-state index in [1.165, 1.54) is 49.1 Å². The Bertz CT molecular complexity index is 1310. The summed E-state index contributed by atoms with van der Waals surface area (Å²) in [5, 5.41) is -0.120. The van der Waals surface area contributed by atoms with Gasteiger partial charge in [0.2, 0.25) is 0 Å². The first-order valence-corrected chi connectivity index (χ1v) is 9.45. The minimum absolute atomic E-state index is 0.0652. The monoisotopic (exact) mass is 441 g/mol. The number of ether oxygens (including phenoxy) is 1. The van der Waals surface area contributed by atoms with Crippen LogP contribution in [0.25, 0.3) is 33.3 Å². The first-order valence-electron chi connectivity index (χ1n) is 9.45. The van der Waals surface area contributed by atoms with Crippen molar-refractivity contribution < 1.29 is 22.7 Å². The Morgan fingerprint density at radius 3 is 2.53 bits per heavy atom. The average Bonchev–Trinajstić information content (AvgIpc) is 3.21. The predicted molar refractivity (Wildman–Crippen MR) is 112 cm³/mol. The van der Waals surface area contributed by atoms with E-state index >= 15 is 0 Å². The van der Waals surface area contributed by atoms with Crippen LogP contribution in [0.1, 0.15) is 15.9 Å². The molecule has 1 amide bonds. The Morgan fingerprint density at radius 2 is 1.84 bits per heavy atom. The number of rotatable bonds is 4. The van der Waals surface area contributed by atoms with Crippen molar-refractivity contribution in [1.82, 2.24) is 24.8 Å². The molecule has 0 aliphatic heterocycles. The van der Waals surface area contributed by atoms with Crippen LogP contribution >= 0.6 is 0 Å². The molecule has 4 aromatic rings. The van der Waals surface area contributed by atoms with E-state index in [4.69, 9.17) is 4.74 Å². The van der Waals surface area contributed by atoms with Crippen LogP contribution in [-0.2, 0) is 6.18 Å². The van der Waals surface area contributed by atoms with Gasteiger partial charge < -0.3 is 14.6 Å². The zero-order valence-electron chi connectivity index (χ0n) is 17.4. The van der Waals surface area contributed by atoms with Crippen molar-refractivity contribution in [1.29, 1.82) is 0 Å². The van der Waals surface area contributed by atoms with Gasteiger partial charge in [0.1, 0.15) is 11.4 Å². The lowest BCUT2D eigenvalue weighted by atomic mass is 9.95. The van der Waals surface area contributed by atoms with E-state index in [2.05, 4.69) is 19.9 Å². The molecule has 4 aromatic heterocycles. The lowest BCUT2D eigenvalue weighted by molar-refractivity contribution is -0.135. The Hall–Kier alpha value is -3.95. The number of nitrogens with zero attached hydrogens (tertiary/aromatic N) is 4. The van der Waals surface area contributed by atoms with Gasteiger partial charge in [-0.3, -0.25) is 14.8 Å². The number of pyridine rings is 3. The third-order valence-electron chi connectivity index (χ3n) is 4.98. The van der Waals surface area contributed by atoms with E-state index in [-0.39, 0.29) is 39.2 Å². The van der Waals surface area contributed by atoms with E-state index in [0.29, 0.717) is 11.3 Å². The highest BCUT2D eigenvalue weighted by Gasteiger charge is 2.38. The quantitative estimate of drug-likeness (QED) is 0.507. The molecule has 0 bridgehead atoms. The van der Waals surface area contributed by atoms with Crippen LogP contribution in [0, 0.1) is 0 Å². The molecule has 0 saturated carbocycles. The molecule has 0 aromatic carbocycles. The summed E-state index contributed by atoms with van der Waals surface area (Å²) in [5.74, 6) is 0.00375. The van der Waals surface area contributed by atoms with Crippen LogP contribution in [0.3, 0.4) is 0 Å². The third-order valence-corrected chi connectivity index (χ3v) is 4.98. The molecule has 0 fully saturated rings. The molecule has 10 heteroatoms. The van der Waals surface area contributed by atoms with E-state index in [0.717, 1.165) is 6.20 Å². The normalized spacial score (nSPS) is 11.6. The van der Waals surface area contributed by atoms with Gasteiger partial charge in [-0.05, 0) is 12.1 Å². The maximum atomic E-state index is 14.4. The van der Waals surface area contributed by atoms with E-state index in [1.54, 1.807) is 20.2 Å². The Kier molecular flexibility index (Phi) is 5.29. The van der Waals surface area contributed by atoms with E-state index < -0.39 is 11.7 Å². The van der Waals surface area contributed by atoms with Crippen molar-refractivity contribution in [2.45, 2.75) is 6.18 Å². The molecule has 0 spiro atoms. The molecule has 164 valence electrons. The summed E-state index contributed by atoms with van der Waals surface area (Å²) in [4.78, 5) is 28.7. The second-order valence-corrected chi connectivity index (χ2v) is 7.21. The SMILES string of the molecule is COc1ccncc1-c1c[nH]c2ncc(-c3cncc(C(=O)N(C)C)c3)c(C(F)(F)F)c12. The van der Waals surface area contributed by atoms with Gasteiger partial charge in [-0.15, -0.1) is 0 Å². The second kappa shape index (κ2) is 7.95. The van der Waals surface area contributed by atoms with Gasteiger partial charge in [0.05, 0.1) is 18.2 Å². The molecule has 4 rings (SSSR count). The molecule has 0 unspecified atom stereocenters. The molecule has 7 nitrogen and oxygen atoms in total. The first-order chi connectivity index (χ1) is 15.2. The van der Waals surface area contributed by atoms with Crippen LogP contribution in [0.4, 0.5) is 13.2 Å². The number of aromatic amines is 1. The Balaban J connectivity index is 2.02. The third kappa shape index (κ3) is 3.64. The molecule has 0 radical (unpaired) electrons. The largest absolute Gasteiger partial charge is 0.496 e. The van der Waals surface area contributed by atoms with Crippen molar-refractivity contribution >= 4 is 16.9 Å². The molecular formula is C22H18F3N5O2. The van der Waals surface area contributed by atoms with Gasteiger partial charge in [-0.2, -0.15) is 13.2 Å². The van der Waals surface area contributed by atoms with Crippen LogP contribution in [0.2, 0.25) is 0 Å². The van der Waals surface area contributed by atoms with Crippen LogP contribution in [0.15, 0.2) is 49.3 Å². The van der Waals surface area contributed by atoms with Crippen molar-refractivity contribution in [2.75, 3.05) is 21.2 Å². The topological polar surface area (TPSA) is 84.0 Å². The maximum absolute atomic E-state index is 14.4. The number of hydrogen-bond donors (Lipinski definition) is 1. The Morgan fingerprint density at radius 1 is 1.06 bits per heavy atom. The molecule has 32 heavy (non-hydrogen) atoms. The number of carbonyl (C=O) groups is 1. The molecular weight excluding hydrogens is 423 g/mol. The molecule has 0 atom stereocenters. The number of alkyl halides is 3. The summed E-state index contributed by atoms with van der Waals surface area (Å²) in [7, 11) is 4.54. The number of nitrogens with one attached hydrogen (secondary N) is 1. The average molecular weight is 441 g/mol. The number of amides is 1. The standard InChI is InChI=1S/C22H18F3N5O2/c1-30(2)21(31)13-6-12(7-27-8-13)14-10-28-20-18(19(14)22(23,24)25)16(11-29-20)15-9-26-5-4-17(15)32-3/h4-11H,1-3H3,(H,28,29). The number of aromatic nitrogens is 4. The fraction of sp³-hybridized carbons (Fsp3) is 0.182. The molecule has 4 heterocycles. The maximum Gasteiger partial charge on any atom is 0.417 e. The van der Waals surface area contributed by atoms with Crippen molar-refractivity contribution in [3.05, 3.63) is 60.4 Å². The fourth-order valence-electron chi connectivity index (χ4n) is 3.55. The van der Waals surface area contributed by atoms with Gasteiger partial charge in [0, 0.05) is 78.9 Å². The highest BCUT2D eigenvalue weighted by molar-refractivity contribution is 6.01. The Labute approximate surface area is 180 Å². The van der Waals surface area contributed by atoms with Gasteiger partial charge in [0.25, 0.3) is 5.91 Å². The molecule has 0 aliphatic rings. The summed E-state index contributed by atoms with van der Waals surface area (Å²) in [6.07, 6.45) is 3.38.